The topological polar surface area (TPSA) is 26.3 Å². The van der Waals surface area contributed by atoms with Crippen LogP contribution in [0.1, 0.15) is 43.2 Å². The molecule has 0 aromatic heterocycles. The third kappa shape index (κ3) is 4.92. The zero-order valence-corrected chi connectivity index (χ0v) is 11.5. The first-order chi connectivity index (χ1) is 9.95. The Morgan fingerprint density at radius 3 is 2.29 bits per heavy atom. The number of carbonyl (C=O) groups is 1. The number of carbonyl (C=O) groups excluding carboxylic acids is 1. The van der Waals surface area contributed by atoms with E-state index in [9.17, 15) is 18.0 Å². The van der Waals surface area contributed by atoms with Crippen LogP contribution in [0.3, 0.4) is 0 Å². The molecule has 2 nitrogen and oxygen atoms in total. The van der Waals surface area contributed by atoms with E-state index in [0.717, 1.165) is 37.8 Å². The molecule has 2 rings (SSSR count). The highest BCUT2D eigenvalue weighted by Crippen LogP contribution is 2.29. The molecular weight excluding hydrogens is 281 g/mol. The predicted octanol–water partition coefficient (Wildman–Crippen LogP) is 4.59. The van der Waals surface area contributed by atoms with Gasteiger partial charge >= 0.3 is 12.1 Å². The van der Waals surface area contributed by atoms with Gasteiger partial charge in [-0.15, -0.1) is 0 Å². The fraction of sp³-hybridized carbons (Fsp3) is 0.438. The lowest BCUT2D eigenvalue weighted by atomic mass is 9.98. The predicted molar refractivity (Wildman–Crippen MR) is 73.4 cm³/mol. The molecule has 21 heavy (non-hydrogen) atoms. The summed E-state index contributed by atoms with van der Waals surface area (Å²) >= 11 is 0. The van der Waals surface area contributed by atoms with Crippen molar-refractivity contribution in [2.24, 2.45) is 0 Å². The van der Waals surface area contributed by atoms with Gasteiger partial charge in [0.2, 0.25) is 0 Å². The molecule has 1 aliphatic rings. The summed E-state index contributed by atoms with van der Waals surface area (Å²) < 4.78 is 42.5. The van der Waals surface area contributed by atoms with Gasteiger partial charge in [0.05, 0.1) is 5.56 Å². The zero-order chi connectivity index (χ0) is 15.3. The maximum absolute atomic E-state index is 12.4. The van der Waals surface area contributed by atoms with Gasteiger partial charge in [-0.05, 0) is 49.5 Å². The van der Waals surface area contributed by atoms with Gasteiger partial charge in [-0.25, -0.2) is 4.79 Å². The number of benzene rings is 1. The van der Waals surface area contributed by atoms with E-state index in [1.165, 1.54) is 30.7 Å². The van der Waals surface area contributed by atoms with Gasteiger partial charge in [-0.2, -0.15) is 13.2 Å². The average Bonchev–Trinajstić information content (AvgIpc) is 2.46. The van der Waals surface area contributed by atoms with E-state index < -0.39 is 17.7 Å². The molecule has 5 heteroatoms. The van der Waals surface area contributed by atoms with Crippen molar-refractivity contribution >= 4 is 12.0 Å². The first-order valence-electron chi connectivity index (χ1n) is 7.01. The maximum Gasteiger partial charge on any atom is 0.416 e. The SMILES string of the molecule is O=C(/C=C/c1ccc(C(F)(F)F)cc1)OC1CCCCC1. The van der Waals surface area contributed by atoms with E-state index in [1.54, 1.807) is 0 Å². The van der Waals surface area contributed by atoms with Gasteiger partial charge < -0.3 is 4.74 Å². The quantitative estimate of drug-likeness (QED) is 0.602. The van der Waals surface area contributed by atoms with Gasteiger partial charge in [-0.1, -0.05) is 18.6 Å². The van der Waals surface area contributed by atoms with Crippen molar-refractivity contribution in [3.8, 4) is 0 Å². The Morgan fingerprint density at radius 2 is 1.71 bits per heavy atom. The first kappa shape index (κ1) is 15.6. The van der Waals surface area contributed by atoms with Crippen LogP contribution in [0.2, 0.25) is 0 Å². The molecule has 0 saturated heterocycles. The molecule has 0 unspecified atom stereocenters. The molecule has 0 heterocycles. The second kappa shape index (κ2) is 6.78. The monoisotopic (exact) mass is 298 g/mol. The third-order valence-corrected chi connectivity index (χ3v) is 3.48. The molecular formula is C16H17F3O2. The number of rotatable bonds is 3. The second-order valence-electron chi connectivity index (χ2n) is 5.15. The van der Waals surface area contributed by atoms with Crippen LogP contribution in [0, 0.1) is 0 Å². The van der Waals surface area contributed by atoms with E-state index in [-0.39, 0.29) is 6.10 Å². The van der Waals surface area contributed by atoms with Crippen LogP contribution >= 0.6 is 0 Å². The molecule has 1 aliphatic carbocycles. The summed E-state index contributed by atoms with van der Waals surface area (Å²) in [6.07, 6.45) is 3.45. The van der Waals surface area contributed by atoms with E-state index in [2.05, 4.69) is 0 Å². The largest absolute Gasteiger partial charge is 0.459 e. The lowest BCUT2D eigenvalue weighted by Crippen LogP contribution is -2.19. The van der Waals surface area contributed by atoms with Gasteiger partial charge in [0.25, 0.3) is 0 Å². The van der Waals surface area contributed by atoms with Crippen molar-refractivity contribution in [1.29, 1.82) is 0 Å². The van der Waals surface area contributed by atoms with Crippen molar-refractivity contribution in [2.45, 2.75) is 44.4 Å². The maximum atomic E-state index is 12.4. The van der Waals surface area contributed by atoms with E-state index in [4.69, 9.17) is 4.74 Å². The summed E-state index contributed by atoms with van der Waals surface area (Å²) in [4.78, 5) is 11.6. The fourth-order valence-corrected chi connectivity index (χ4v) is 2.33. The highest BCUT2D eigenvalue weighted by Gasteiger charge is 2.29. The summed E-state index contributed by atoms with van der Waals surface area (Å²) in [6, 6.07) is 4.64. The Bertz CT molecular complexity index is 497. The Kier molecular flexibility index (Phi) is 5.04. The van der Waals surface area contributed by atoms with E-state index >= 15 is 0 Å². The van der Waals surface area contributed by atoms with Crippen molar-refractivity contribution in [3.05, 3.63) is 41.5 Å². The number of hydrogen-bond donors (Lipinski definition) is 0. The van der Waals surface area contributed by atoms with Gasteiger partial charge in [0.1, 0.15) is 6.10 Å². The molecule has 0 N–H and O–H groups in total. The van der Waals surface area contributed by atoms with Crippen LogP contribution in [-0.4, -0.2) is 12.1 Å². The molecule has 0 radical (unpaired) electrons. The molecule has 0 spiro atoms. The van der Waals surface area contributed by atoms with E-state index in [1.807, 2.05) is 0 Å². The van der Waals surface area contributed by atoms with Crippen LogP contribution in [0.25, 0.3) is 6.08 Å². The number of hydrogen-bond acceptors (Lipinski definition) is 2. The van der Waals surface area contributed by atoms with Gasteiger partial charge in [-0.3, -0.25) is 0 Å². The van der Waals surface area contributed by atoms with Crippen molar-refractivity contribution < 1.29 is 22.7 Å². The molecule has 0 aliphatic heterocycles. The minimum atomic E-state index is -4.35. The minimum Gasteiger partial charge on any atom is -0.459 e. The molecule has 1 aromatic carbocycles. The average molecular weight is 298 g/mol. The summed E-state index contributed by atoms with van der Waals surface area (Å²) in [6.45, 7) is 0. The Balaban J connectivity index is 1.89. The molecule has 0 bridgehead atoms. The smallest absolute Gasteiger partial charge is 0.416 e. The van der Waals surface area contributed by atoms with Crippen molar-refractivity contribution in [2.75, 3.05) is 0 Å². The summed E-state index contributed by atoms with van der Waals surface area (Å²) in [7, 11) is 0. The zero-order valence-electron chi connectivity index (χ0n) is 11.5. The summed E-state index contributed by atoms with van der Waals surface area (Å²) in [5.74, 6) is -0.443. The Labute approximate surface area is 121 Å². The standard InChI is InChI=1S/C16H17F3O2/c17-16(18,19)13-9-6-12(7-10-13)8-11-15(20)21-14-4-2-1-3-5-14/h6-11,14H,1-5H2/b11-8+. The van der Waals surface area contributed by atoms with E-state index in [0.29, 0.717) is 5.56 Å². The van der Waals surface area contributed by atoms with Gasteiger partial charge in [0.15, 0.2) is 0 Å². The lowest BCUT2D eigenvalue weighted by Gasteiger charge is -2.20. The number of esters is 1. The highest BCUT2D eigenvalue weighted by molar-refractivity contribution is 5.87. The molecule has 0 amide bonds. The second-order valence-corrected chi connectivity index (χ2v) is 5.15. The molecule has 1 saturated carbocycles. The number of alkyl halides is 3. The number of halogens is 3. The van der Waals surface area contributed by atoms with Crippen LogP contribution in [0.5, 0.6) is 0 Å². The fourth-order valence-electron chi connectivity index (χ4n) is 2.33. The molecule has 1 fully saturated rings. The first-order valence-corrected chi connectivity index (χ1v) is 7.01. The number of ether oxygens (including phenoxy) is 1. The van der Waals surface area contributed by atoms with Crippen LogP contribution < -0.4 is 0 Å². The van der Waals surface area contributed by atoms with Crippen LogP contribution in [-0.2, 0) is 15.7 Å². The van der Waals surface area contributed by atoms with Crippen LogP contribution in [0.4, 0.5) is 13.2 Å². The van der Waals surface area contributed by atoms with Crippen LogP contribution in [0.15, 0.2) is 30.3 Å². The van der Waals surface area contributed by atoms with Crippen molar-refractivity contribution in [3.63, 3.8) is 0 Å². The molecule has 0 atom stereocenters. The lowest BCUT2D eigenvalue weighted by molar-refractivity contribution is -0.144. The minimum absolute atomic E-state index is 0.0245. The summed E-state index contributed by atoms with van der Waals surface area (Å²) in [5, 5.41) is 0. The highest BCUT2D eigenvalue weighted by atomic mass is 19.4. The molecule has 1 aromatic rings. The molecule has 114 valence electrons. The summed E-state index contributed by atoms with van der Waals surface area (Å²) in [5.41, 5.74) is -0.173. The third-order valence-electron chi connectivity index (χ3n) is 3.48. The normalized spacial score (nSPS) is 17.1. The Hall–Kier alpha value is -1.78. The van der Waals surface area contributed by atoms with Crippen molar-refractivity contribution in [1.82, 2.24) is 0 Å². The Morgan fingerprint density at radius 1 is 1.10 bits per heavy atom. The van der Waals surface area contributed by atoms with Gasteiger partial charge in [0, 0.05) is 6.08 Å².